The number of fused-ring (bicyclic) bond motifs is 1. The summed E-state index contributed by atoms with van der Waals surface area (Å²) >= 11 is 0. The molecular weight excluding hydrogens is 515 g/mol. The van der Waals surface area contributed by atoms with E-state index in [0.717, 1.165) is 0 Å². The summed E-state index contributed by atoms with van der Waals surface area (Å²) in [5.74, 6) is 0.441. The molecular formula is C11H14Li4N5O12P3. The molecule has 0 spiro atoms. The van der Waals surface area contributed by atoms with Gasteiger partial charge in [-0.05, 0) is 0 Å². The summed E-state index contributed by atoms with van der Waals surface area (Å²) in [7, 11) is -16.2. The third-order valence-corrected chi connectivity index (χ3v) is 7.57. The molecule has 35 heavy (non-hydrogen) atoms. The van der Waals surface area contributed by atoms with E-state index in [2.05, 4.69) is 33.4 Å². The number of phosphoric ester groups is 1. The standard InChI is InChI=1S/C11H18N5O12P3.4Li/c1-12-10-9-11(14-4-13-10)16(5-15-9)8-2-6(17)7(26-8)3-25-30(21,22)28-31(23,24)27-29(18,19)20;;;;/h4-8,17H,2-3H2,1H3,(H,21,22)(H,23,24)(H,12,13,14)(H2,18,19,20);;;;/q;4*+1/p-4/t6-,7+,8+;;;;/m0..../s1. The fourth-order valence-electron chi connectivity index (χ4n) is 2.73. The van der Waals surface area contributed by atoms with Gasteiger partial charge in [0.25, 0.3) is 15.6 Å². The second kappa shape index (κ2) is 15.0. The molecule has 2 N–H and O–H groups in total. The van der Waals surface area contributed by atoms with Gasteiger partial charge in [-0.2, -0.15) is 0 Å². The third kappa shape index (κ3) is 10.6. The van der Waals surface area contributed by atoms with Gasteiger partial charge in [-0.1, -0.05) is 0 Å². The van der Waals surface area contributed by atoms with Gasteiger partial charge < -0.3 is 43.8 Å². The zero-order valence-corrected chi connectivity index (χ0v) is 22.1. The third-order valence-electron chi connectivity index (χ3n) is 3.91. The number of phosphoric acid groups is 3. The fourth-order valence-corrected chi connectivity index (χ4v) is 5.59. The molecule has 3 heterocycles. The minimum absolute atomic E-state index is 0. The van der Waals surface area contributed by atoms with Crippen molar-refractivity contribution in [1.29, 1.82) is 0 Å². The van der Waals surface area contributed by atoms with Crippen LogP contribution in [0.4, 0.5) is 5.82 Å². The molecule has 1 aliphatic rings. The van der Waals surface area contributed by atoms with Gasteiger partial charge in [0, 0.05) is 13.5 Å². The van der Waals surface area contributed by atoms with Crippen LogP contribution < -0.4 is 100 Å². The van der Waals surface area contributed by atoms with Crippen LogP contribution in [-0.2, 0) is 31.6 Å². The van der Waals surface area contributed by atoms with Crippen LogP contribution in [0.3, 0.4) is 0 Å². The maximum atomic E-state index is 11.6. The molecule has 0 bridgehead atoms. The van der Waals surface area contributed by atoms with Crippen LogP contribution in [0, 0.1) is 0 Å². The van der Waals surface area contributed by atoms with Gasteiger partial charge in [0.15, 0.2) is 11.5 Å². The maximum absolute atomic E-state index is 11.6. The Morgan fingerprint density at radius 2 is 1.71 bits per heavy atom. The van der Waals surface area contributed by atoms with E-state index in [9.17, 15) is 38.4 Å². The molecule has 2 unspecified atom stereocenters. The molecule has 24 heteroatoms. The van der Waals surface area contributed by atoms with Crippen LogP contribution in [-0.4, -0.2) is 50.5 Å². The number of nitrogens with one attached hydrogen (secondary N) is 1. The first-order chi connectivity index (χ1) is 14.3. The summed E-state index contributed by atoms with van der Waals surface area (Å²) in [6.45, 7) is -0.895. The molecule has 17 nitrogen and oxygen atoms in total. The van der Waals surface area contributed by atoms with Crippen molar-refractivity contribution < 1.29 is 132 Å². The molecule has 0 radical (unpaired) electrons. The first-order valence-corrected chi connectivity index (χ1v) is 12.6. The smallest absolute Gasteiger partial charge is 0.790 e. The van der Waals surface area contributed by atoms with E-state index in [1.807, 2.05) is 0 Å². The van der Waals surface area contributed by atoms with Crippen molar-refractivity contribution in [2.24, 2.45) is 0 Å². The van der Waals surface area contributed by atoms with Crippen LogP contribution in [0.25, 0.3) is 11.2 Å². The van der Waals surface area contributed by atoms with E-state index in [-0.39, 0.29) is 81.9 Å². The van der Waals surface area contributed by atoms with E-state index < -0.39 is 48.5 Å². The summed E-state index contributed by atoms with van der Waals surface area (Å²) in [6, 6.07) is 0. The number of anilines is 1. The molecule has 2 aromatic rings. The topological polar surface area (TPSA) is 256 Å². The molecule has 174 valence electrons. The molecule has 0 amide bonds. The number of aliphatic hydroxyl groups excluding tert-OH is 1. The monoisotopic (exact) mass is 529 g/mol. The van der Waals surface area contributed by atoms with Gasteiger partial charge in [0.1, 0.15) is 24.2 Å². The summed E-state index contributed by atoms with van der Waals surface area (Å²) < 4.78 is 50.9. The SMILES string of the molecule is CNc1ncnc2c1ncn2[C@H]1C[C@H](O)[C@@H](COP(=O)([O-])OP(=O)([O-])OP(=O)([O-])[O-])O1.[Li+].[Li+].[Li+].[Li+]. The molecule has 3 rings (SSSR count). The van der Waals surface area contributed by atoms with Crippen molar-refractivity contribution in [3.05, 3.63) is 12.7 Å². The second-order valence-electron chi connectivity index (χ2n) is 6.03. The number of hydrogen-bond acceptors (Lipinski definition) is 16. The van der Waals surface area contributed by atoms with Gasteiger partial charge in [-0.15, -0.1) is 0 Å². The number of ether oxygens (including phenoxy) is 1. The average molecular weight is 529 g/mol. The van der Waals surface area contributed by atoms with Gasteiger partial charge >= 0.3 is 75.4 Å². The van der Waals surface area contributed by atoms with Gasteiger partial charge in [0.2, 0.25) is 0 Å². The van der Waals surface area contributed by atoms with Crippen LogP contribution in [0.5, 0.6) is 0 Å². The van der Waals surface area contributed by atoms with E-state index in [0.29, 0.717) is 17.0 Å². The van der Waals surface area contributed by atoms with E-state index in [4.69, 9.17) is 4.74 Å². The second-order valence-corrected chi connectivity index (χ2v) is 10.3. The van der Waals surface area contributed by atoms with Crippen molar-refractivity contribution in [1.82, 2.24) is 19.5 Å². The molecule has 5 atom stereocenters. The van der Waals surface area contributed by atoms with Crippen molar-refractivity contribution in [3.8, 4) is 0 Å². The molecule has 1 fully saturated rings. The summed E-state index contributed by atoms with van der Waals surface area (Å²) in [4.78, 5) is 55.6. The first kappa shape index (κ1) is 38.2. The van der Waals surface area contributed by atoms with Crippen molar-refractivity contribution in [3.63, 3.8) is 0 Å². The number of nitrogens with zero attached hydrogens (tertiary/aromatic N) is 4. The minimum atomic E-state index is -6.09. The predicted molar refractivity (Wildman–Crippen MR) is 90.3 cm³/mol. The largest absolute Gasteiger partial charge is 1.00 e. The molecule has 2 aromatic heterocycles. The van der Waals surface area contributed by atoms with Gasteiger partial charge in [0.05, 0.1) is 26.9 Å². The Kier molecular flexibility index (Phi) is 16.4. The molecule has 1 aliphatic heterocycles. The van der Waals surface area contributed by atoms with Crippen LogP contribution in [0.1, 0.15) is 12.6 Å². The predicted octanol–water partition coefficient (Wildman–Crippen LogP) is -14.7. The Balaban J connectivity index is 0. The maximum Gasteiger partial charge on any atom is 1.00 e. The molecule has 0 aliphatic carbocycles. The zero-order valence-electron chi connectivity index (χ0n) is 19.4. The summed E-state index contributed by atoms with van der Waals surface area (Å²) in [6.07, 6.45) is -0.711. The number of hydrogen-bond donors (Lipinski definition) is 2. The summed E-state index contributed by atoms with van der Waals surface area (Å²) in [5, 5.41) is 13.0. The Bertz CT molecular complexity index is 1110. The van der Waals surface area contributed by atoms with Crippen molar-refractivity contribution >= 4 is 40.4 Å². The van der Waals surface area contributed by atoms with Crippen molar-refractivity contribution in [2.45, 2.75) is 24.9 Å². The quantitative estimate of drug-likeness (QED) is 0.226. The van der Waals surface area contributed by atoms with E-state index >= 15 is 0 Å². The number of aliphatic hydroxyl groups is 1. The zero-order chi connectivity index (χ0) is 23.0. The van der Waals surface area contributed by atoms with Gasteiger partial charge in [-0.25, -0.2) is 19.3 Å². The van der Waals surface area contributed by atoms with Gasteiger partial charge in [-0.3, -0.25) is 18.0 Å². The van der Waals surface area contributed by atoms with Crippen LogP contribution >= 0.6 is 23.5 Å². The Labute approximate surface area is 246 Å². The first-order valence-electron chi connectivity index (χ1n) is 8.20. The number of aromatic nitrogens is 4. The normalized spacial score (nSPS) is 23.0. The Hall–Kier alpha value is 1.07. The fraction of sp³-hybridized carbons (Fsp3) is 0.545. The number of imidazole rings is 1. The van der Waals surface area contributed by atoms with Crippen molar-refractivity contribution in [2.75, 3.05) is 19.0 Å². The average Bonchev–Trinajstić information content (AvgIpc) is 3.19. The van der Waals surface area contributed by atoms with E-state index in [1.54, 1.807) is 7.05 Å². The van der Waals surface area contributed by atoms with Crippen LogP contribution in [0.2, 0.25) is 0 Å². The summed E-state index contributed by atoms with van der Waals surface area (Å²) in [5.41, 5.74) is 0.778. The molecule has 1 saturated heterocycles. The molecule has 0 aromatic carbocycles. The van der Waals surface area contributed by atoms with Crippen LogP contribution in [0.15, 0.2) is 12.7 Å². The Morgan fingerprint density at radius 1 is 1.09 bits per heavy atom. The van der Waals surface area contributed by atoms with E-state index in [1.165, 1.54) is 17.2 Å². The minimum Gasteiger partial charge on any atom is -0.790 e. The number of rotatable bonds is 9. The molecule has 0 saturated carbocycles. The Morgan fingerprint density at radius 3 is 2.29 bits per heavy atom.